The van der Waals surface area contributed by atoms with Crippen LogP contribution in [0, 0.1) is 5.82 Å². The van der Waals surface area contributed by atoms with Gasteiger partial charge in [0.05, 0.1) is 24.5 Å². The number of carbonyl (C=O) groups excluding carboxylic acids is 3. The first-order valence-corrected chi connectivity index (χ1v) is 15.1. The quantitative estimate of drug-likeness (QED) is 0.338. The van der Waals surface area contributed by atoms with E-state index < -0.39 is 21.8 Å². The van der Waals surface area contributed by atoms with Crippen molar-refractivity contribution in [3.63, 3.8) is 0 Å². The molecule has 0 radical (unpaired) electrons. The van der Waals surface area contributed by atoms with Crippen LogP contribution in [0.25, 0.3) is 0 Å². The number of likely N-dealkylation sites (tertiary alicyclic amines) is 1. The van der Waals surface area contributed by atoms with Crippen LogP contribution in [-0.4, -0.2) is 79.1 Å². The Balaban J connectivity index is 1.75. The number of carbonyl (C=O) groups is 3. The van der Waals surface area contributed by atoms with Crippen LogP contribution in [0.15, 0.2) is 59.5 Å². The fourth-order valence-electron chi connectivity index (χ4n) is 4.80. The third-order valence-electron chi connectivity index (χ3n) is 6.83. The van der Waals surface area contributed by atoms with Crippen LogP contribution in [0.1, 0.15) is 51.5 Å². The van der Waals surface area contributed by atoms with E-state index in [0.717, 1.165) is 0 Å². The first kappa shape index (κ1) is 31.2. The number of nitrogens with zero attached hydrogens (tertiary/aromatic N) is 3. The summed E-state index contributed by atoms with van der Waals surface area (Å²) in [6.07, 6.45) is 1.55. The number of sulfonamides is 1. The number of hydrogen-bond donors (Lipinski definition) is 0. The van der Waals surface area contributed by atoms with E-state index in [0.29, 0.717) is 37.9 Å². The van der Waals surface area contributed by atoms with Crippen molar-refractivity contribution in [1.29, 1.82) is 0 Å². The third kappa shape index (κ3) is 8.59. The maximum atomic E-state index is 14.0. The second kappa shape index (κ2) is 14.9. The zero-order valence-electron chi connectivity index (χ0n) is 23.1. The highest BCUT2D eigenvalue weighted by molar-refractivity contribution is 7.89. The van der Waals surface area contributed by atoms with E-state index >= 15 is 0 Å². The van der Waals surface area contributed by atoms with Crippen molar-refractivity contribution in [2.24, 2.45) is 0 Å². The van der Waals surface area contributed by atoms with E-state index in [1.165, 1.54) is 28.6 Å². The van der Waals surface area contributed by atoms with Crippen molar-refractivity contribution in [3.8, 4) is 0 Å². The topological polar surface area (TPSA) is 104 Å². The molecular formula is C29H38FN3O6S. The van der Waals surface area contributed by atoms with Gasteiger partial charge >= 0.3 is 5.97 Å². The Morgan fingerprint density at radius 3 is 2.33 bits per heavy atom. The van der Waals surface area contributed by atoms with Crippen LogP contribution in [0.4, 0.5) is 4.39 Å². The molecule has 0 N–H and O–H groups in total. The molecule has 1 aliphatic heterocycles. The van der Waals surface area contributed by atoms with Gasteiger partial charge in [0.15, 0.2) is 0 Å². The van der Waals surface area contributed by atoms with Crippen LogP contribution in [0.2, 0.25) is 0 Å². The SMILES string of the molecule is CCCN(CC(=O)N(Cc1cccc(F)c1)C1CCN(C(=O)CCC(=O)OCC)CC1)S(=O)(=O)c1ccccc1. The number of halogens is 1. The second-order valence-corrected chi connectivity index (χ2v) is 11.7. The van der Waals surface area contributed by atoms with E-state index in [-0.39, 0.29) is 61.8 Å². The minimum absolute atomic E-state index is 0.0138. The molecule has 2 amide bonds. The molecule has 0 bridgehead atoms. The van der Waals surface area contributed by atoms with E-state index in [9.17, 15) is 27.2 Å². The highest BCUT2D eigenvalue weighted by Crippen LogP contribution is 2.23. The van der Waals surface area contributed by atoms with Crippen molar-refractivity contribution in [1.82, 2.24) is 14.1 Å². The van der Waals surface area contributed by atoms with Crippen LogP contribution in [0.5, 0.6) is 0 Å². The number of piperidine rings is 1. The molecule has 1 fully saturated rings. The first-order valence-electron chi connectivity index (χ1n) is 13.7. The molecule has 1 saturated heterocycles. The number of benzene rings is 2. The smallest absolute Gasteiger partial charge is 0.306 e. The zero-order valence-corrected chi connectivity index (χ0v) is 23.9. The normalized spacial score (nSPS) is 14.2. The number of rotatable bonds is 13. The summed E-state index contributed by atoms with van der Waals surface area (Å²) in [5.74, 6) is -1.38. The zero-order chi connectivity index (χ0) is 29.1. The van der Waals surface area contributed by atoms with Crippen molar-refractivity contribution in [2.45, 2.75) is 63.4 Å². The van der Waals surface area contributed by atoms with Crippen molar-refractivity contribution < 1.29 is 31.9 Å². The molecule has 0 saturated carbocycles. The second-order valence-electron chi connectivity index (χ2n) is 9.72. The predicted molar refractivity (Wildman–Crippen MR) is 148 cm³/mol. The average Bonchev–Trinajstić information content (AvgIpc) is 2.95. The van der Waals surface area contributed by atoms with E-state index in [2.05, 4.69) is 0 Å². The van der Waals surface area contributed by atoms with Gasteiger partial charge in [0, 0.05) is 38.6 Å². The molecular weight excluding hydrogens is 537 g/mol. The van der Waals surface area contributed by atoms with Crippen LogP contribution < -0.4 is 0 Å². The van der Waals surface area contributed by atoms with E-state index in [4.69, 9.17) is 4.74 Å². The third-order valence-corrected chi connectivity index (χ3v) is 8.69. The first-order chi connectivity index (χ1) is 19.1. The summed E-state index contributed by atoms with van der Waals surface area (Å²) in [5, 5.41) is 0. The molecule has 0 aromatic heterocycles. The minimum Gasteiger partial charge on any atom is -0.466 e. The maximum Gasteiger partial charge on any atom is 0.306 e. The lowest BCUT2D eigenvalue weighted by Gasteiger charge is -2.39. The lowest BCUT2D eigenvalue weighted by Crippen LogP contribution is -2.51. The highest BCUT2D eigenvalue weighted by atomic mass is 32.2. The largest absolute Gasteiger partial charge is 0.466 e. The highest BCUT2D eigenvalue weighted by Gasteiger charge is 2.33. The Morgan fingerprint density at radius 2 is 1.70 bits per heavy atom. The Labute approximate surface area is 235 Å². The Hall–Kier alpha value is -3.31. The molecule has 11 heteroatoms. The van der Waals surface area contributed by atoms with Crippen molar-refractivity contribution in [3.05, 3.63) is 66.0 Å². The summed E-state index contributed by atoms with van der Waals surface area (Å²) in [6.45, 7) is 4.53. The fraction of sp³-hybridized carbons (Fsp3) is 0.483. The van der Waals surface area contributed by atoms with Gasteiger partial charge in [-0.1, -0.05) is 37.3 Å². The van der Waals surface area contributed by atoms with Crippen LogP contribution in [0.3, 0.4) is 0 Å². The fourth-order valence-corrected chi connectivity index (χ4v) is 6.30. The van der Waals surface area contributed by atoms with Gasteiger partial charge < -0.3 is 14.5 Å². The number of ether oxygens (including phenoxy) is 1. The molecule has 1 heterocycles. The lowest BCUT2D eigenvalue weighted by molar-refractivity contribution is -0.146. The van der Waals surface area contributed by atoms with Crippen molar-refractivity contribution >= 4 is 27.8 Å². The minimum atomic E-state index is -3.90. The molecule has 40 heavy (non-hydrogen) atoms. The molecule has 218 valence electrons. The Kier molecular flexibility index (Phi) is 11.6. The monoisotopic (exact) mass is 575 g/mol. The number of esters is 1. The molecule has 2 aromatic rings. The summed E-state index contributed by atoms with van der Waals surface area (Å²) in [5.41, 5.74) is 0.592. The van der Waals surface area contributed by atoms with Crippen molar-refractivity contribution in [2.75, 3.05) is 32.8 Å². The van der Waals surface area contributed by atoms with Gasteiger partial charge in [-0.25, -0.2) is 12.8 Å². The Bertz CT molecular complexity index is 1250. The van der Waals surface area contributed by atoms with Gasteiger partial charge in [-0.15, -0.1) is 0 Å². The van der Waals surface area contributed by atoms with Gasteiger partial charge in [0.2, 0.25) is 21.8 Å². The van der Waals surface area contributed by atoms with Crippen LogP contribution >= 0.6 is 0 Å². The number of hydrogen-bond acceptors (Lipinski definition) is 6. The van der Waals surface area contributed by atoms with Gasteiger partial charge in [0.1, 0.15) is 5.82 Å². The molecule has 0 aliphatic carbocycles. The standard InChI is InChI=1S/C29H38FN3O6S/c1-3-17-32(40(37,38)26-11-6-5-7-12-26)22-28(35)33(21-23-9-8-10-24(30)20-23)25-15-18-31(19-16-25)27(34)13-14-29(36)39-4-2/h5-12,20,25H,3-4,13-19,21-22H2,1-2H3. The molecule has 1 aliphatic rings. The predicted octanol–water partition coefficient (Wildman–Crippen LogP) is 3.59. The number of amides is 2. The summed E-state index contributed by atoms with van der Waals surface area (Å²) < 4.78 is 46.8. The van der Waals surface area contributed by atoms with Gasteiger partial charge in [0.25, 0.3) is 0 Å². The molecule has 0 unspecified atom stereocenters. The Morgan fingerprint density at radius 1 is 1.00 bits per heavy atom. The molecule has 2 aromatic carbocycles. The molecule has 0 atom stereocenters. The van der Waals surface area contributed by atoms with E-state index in [1.54, 1.807) is 47.1 Å². The summed E-state index contributed by atoms with van der Waals surface area (Å²) >= 11 is 0. The maximum absolute atomic E-state index is 14.0. The lowest BCUT2D eigenvalue weighted by atomic mass is 10.0. The van der Waals surface area contributed by atoms with Gasteiger partial charge in [-0.3, -0.25) is 14.4 Å². The summed E-state index contributed by atoms with van der Waals surface area (Å²) in [4.78, 5) is 41.4. The van der Waals surface area contributed by atoms with Gasteiger partial charge in [-0.05, 0) is 56.0 Å². The van der Waals surface area contributed by atoms with Gasteiger partial charge in [-0.2, -0.15) is 4.31 Å². The average molecular weight is 576 g/mol. The summed E-state index contributed by atoms with van der Waals surface area (Å²) in [6, 6.07) is 13.7. The summed E-state index contributed by atoms with van der Waals surface area (Å²) in [7, 11) is -3.90. The van der Waals surface area contributed by atoms with E-state index in [1.807, 2.05) is 6.92 Å². The molecule has 9 nitrogen and oxygen atoms in total. The molecule has 3 rings (SSSR count). The molecule has 0 spiro atoms. The van der Waals surface area contributed by atoms with Crippen LogP contribution in [-0.2, 0) is 35.7 Å².